The molecule has 204 valence electrons. The van der Waals surface area contributed by atoms with Gasteiger partial charge < -0.3 is 24.1 Å². The molecule has 1 N–H and O–H groups in total. The van der Waals surface area contributed by atoms with Gasteiger partial charge in [-0.3, -0.25) is 4.79 Å². The van der Waals surface area contributed by atoms with E-state index >= 15 is 0 Å². The Kier molecular flexibility index (Phi) is 8.51. The molecule has 1 aromatic heterocycles. The van der Waals surface area contributed by atoms with Gasteiger partial charge in [0.2, 0.25) is 5.91 Å². The molecular formula is C31H29N3O5S. The van der Waals surface area contributed by atoms with Crippen LogP contribution in [-0.4, -0.2) is 28.6 Å². The van der Waals surface area contributed by atoms with Gasteiger partial charge in [0.1, 0.15) is 24.7 Å². The Bertz CT molecular complexity index is 1480. The number of amidine groups is 1. The van der Waals surface area contributed by atoms with Crippen molar-refractivity contribution >= 4 is 28.8 Å². The molecule has 0 fully saturated rings. The third-order valence-corrected chi connectivity index (χ3v) is 7.25. The van der Waals surface area contributed by atoms with Crippen LogP contribution in [0.25, 0.3) is 0 Å². The number of nitrogens with zero attached hydrogens (tertiary/aromatic N) is 2. The van der Waals surface area contributed by atoms with Crippen LogP contribution in [0, 0.1) is 0 Å². The number of aliphatic imine (C=N–C) groups is 1. The van der Waals surface area contributed by atoms with E-state index in [2.05, 4.69) is 11.9 Å². The number of esters is 1. The molecule has 9 heteroatoms. The lowest BCUT2D eigenvalue weighted by Crippen LogP contribution is -2.38. The fourth-order valence-electron chi connectivity index (χ4n) is 4.50. The average molecular weight is 556 g/mol. The van der Waals surface area contributed by atoms with Gasteiger partial charge in [0.15, 0.2) is 5.17 Å². The molecule has 3 heterocycles. The van der Waals surface area contributed by atoms with Gasteiger partial charge in [-0.15, -0.1) is 0 Å². The number of nitrogens with one attached hydrogen (secondary N) is 1. The number of carbonyl (C=O) groups is 2. The van der Waals surface area contributed by atoms with Gasteiger partial charge in [-0.25, -0.2) is 9.79 Å². The third-order valence-electron chi connectivity index (χ3n) is 6.36. The van der Waals surface area contributed by atoms with Crippen molar-refractivity contribution in [1.29, 1.82) is 0 Å². The highest BCUT2D eigenvalue weighted by Crippen LogP contribution is 2.45. The van der Waals surface area contributed by atoms with Crippen molar-refractivity contribution in [2.24, 2.45) is 4.99 Å². The molecule has 0 radical (unpaired) electrons. The van der Waals surface area contributed by atoms with Gasteiger partial charge in [0, 0.05) is 5.70 Å². The Balaban J connectivity index is 1.43. The van der Waals surface area contributed by atoms with E-state index in [4.69, 9.17) is 18.9 Å². The summed E-state index contributed by atoms with van der Waals surface area (Å²) in [7, 11) is 0. The monoisotopic (exact) mass is 555 g/mol. The maximum atomic E-state index is 13.3. The van der Waals surface area contributed by atoms with Gasteiger partial charge in [-0.1, -0.05) is 66.9 Å². The molecule has 0 spiro atoms. The van der Waals surface area contributed by atoms with Crippen LogP contribution in [0.2, 0.25) is 0 Å². The first-order valence-electron chi connectivity index (χ1n) is 12.8. The smallest absolute Gasteiger partial charge is 0.338 e. The van der Waals surface area contributed by atoms with E-state index in [0.29, 0.717) is 34.6 Å². The number of ether oxygens (including phenoxy) is 2. The highest BCUT2D eigenvalue weighted by Gasteiger charge is 2.41. The summed E-state index contributed by atoms with van der Waals surface area (Å²) in [5.74, 6) is 0.666. The van der Waals surface area contributed by atoms with Gasteiger partial charge in [-0.05, 0) is 47.7 Å². The molecule has 2 aromatic carbocycles. The standard InChI is InChI=1S/C31H29N3O5S/c1-3-14-38-30(36)28-21(2)33-31-34(24(20-40-31)17-27(35)32-18-26-13-8-15-37-26)29(28)23-11-7-12-25(16-23)39-19-22-9-5-4-6-10-22/h3-13,15-16,20,29H,1,14,17-19H2,2H3,(H,32,35). The lowest BCUT2D eigenvalue weighted by Gasteiger charge is -2.36. The molecule has 2 aliphatic heterocycles. The Morgan fingerprint density at radius 3 is 2.77 bits per heavy atom. The SMILES string of the molecule is C=CCOC(=O)C1=C(C)N=C2SC=C(CC(=O)NCc3ccco3)N2C1c1cccc(OCc2ccccc2)c1. The Labute approximate surface area is 237 Å². The molecule has 0 aliphatic carbocycles. The molecule has 1 amide bonds. The molecule has 0 bridgehead atoms. The molecule has 40 heavy (non-hydrogen) atoms. The van der Waals surface area contributed by atoms with E-state index in [1.807, 2.05) is 64.9 Å². The topological polar surface area (TPSA) is 93.4 Å². The number of carbonyl (C=O) groups excluding carboxylic acids is 2. The van der Waals surface area contributed by atoms with Gasteiger partial charge in [0.05, 0.1) is 36.5 Å². The zero-order chi connectivity index (χ0) is 27.9. The number of rotatable bonds is 11. The minimum Gasteiger partial charge on any atom is -0.489 e. The van der Waals surface area contributed by atoms with E-state index in [9.17, 15) is 9.59 Å². The second-order valence-corrected chi connectivity index (χ2v) is 10.00. The lowest BCUT2D eigenvalue weighted by atomic mass is 9.93. The number of amides is 1. The minimum atomic E-state index is -0.566. The van der Waals surface area contributed by atoms with Crippen LogP contribution in [0.4, 0.5) is 0 Å². The van der Waals surface area contributed by atoms with Gasteiger partial charge >= 0.3 is 5.97 Å². The molecule has 2 aliphatic rings. The summed E-state index contributed by atoms with van der Waals surface area (Å²) in [6, 6.07) is 20.6. The van der Waals surface area contributed by atoms with Crippen molar-refractivity contribution in [2.45, 2.75) is 32.5 Å². The fourth-order valence-corrected chi connectivity index (χ4v) is 5.46. The molecule has 5 rings (SSSR count). The number of allylic oxidation sites excluding steroid dienone is 1. The number of benzene rings is 2. The Morgan fingerprint density at radius 1 is 1.15 bits per heavy atom. The predicted molar refractivity (Wildman–Crippen MR) is 154 cm³/mol. The highest BCUT2D eigenvalue weighted by atomic mass is 32.2. The summed E-state index contributed by atoms with van der Waals surface area (Å²) < 4.78 is 16.9. The number of furan rings is 1. The minimum absolute atomic E-state index is 0.0752. The van der Waals surface area contributed by atoms with Crippen LogP contribution >= 0.6 is 11.8 Å². The summed E-state index contributed by atoms with van der Waals surface area (Å²) in [6.07, 6.45) is 3.19. The molecule has 3 aromatic rings. The highest BCUT2D eigenvalue weighted by molar-refractivity contribution is 8.16. The zero-order valence-corrected chi connectivity index (χ0v) is 22.9. The molecule has 0 saturated carbocycles. The third kappa shape index (κ3) is 6.21. The largest absolute Gasteiger partial charge is 0.489 e. The Morgan fingerprint density at radius 2 is 2.00 bits per heavy atom. The fraction of sp³-hybridized carbons (Fsp3) is 0.194. The maximum absolute atomic E-state index is 13.3. The van der Waals surface area contributed by atoms with Crippen LogP contribution in [0.3, 0.4) is 0 Å². The quantitative estimate of drug-likeness (QED) is 0.234. The number of hydrogen-bond donors (Lipinski definition) is 1. The second kappa shape index (κ2) is 12.6. The molecule has 1 atom stereocenters. The maximum Gasteiger partial charge on any atom is 0.338 e. The first-order chi connectivity index (χ1) is 19.5. The van der Waals surface area contributed by atoms with Crippen LogP contribution in [-0.2, 0) is 27.5 Å². The van der Waals surface area contributed by atoms with E-state index in [0.717, 1.165) is 16.8 Å². The molecular weight excluding hydrogens is 526 g/mol. The summed E-state index contributed by atoms with van der Waals surface area (Å²) >= 11 is 1.42. The first-order valence-corrected chi connectivity index (χ1v) is 13.7. The molecule has 8 nitrogen and oxygen atoms in total. The van der Waals surface area contributed by atoms with Gasteiger partial charge in [0.25, 0.3) is 0 Å². The van der Waals surface area contributed by atoms with Crippen molar-refractivity contribution in [3.05, 3.63) is 125 Å². The van der Waals surface area contributed by atoms with Crippen LogP contribution in [0.5, 0.6) is 5.75 Å². The number of thioether (sulfide) groups is 1. The molecule has 0 saturated heterocycles. The van der Waals surface area contributed by atoms with Crippen molar-refractivity contribution < 1.29 is 23.5 Å². The van der Waals surface area contributed by atoms with E-state index in [-0.39, 0.29) is 25.5 Å². The van der Waals surface area contributed by atoms with E-state index < -0.39 is 12.0 Å². The zero-order valence-electron chi connectivity index (χ0n) is 22.0. The Hall–Kier alpha value is -4.50. The van der Waals surface area contributed by atoms with Crippen molar-refractivity contribution in [1.82, 2.24) is 10.2 Å². The summed E-state index contributed by atoms with van der Waals surface area (Å²) in [5, 5.41) is 5.48. The van der Waals surface area contributed by atoms with Crippen LogP contribution in [0.15, 0.2) is 117 Å². The number of hydrogen-bond acceptors (Lipinski definition) is 8. The van der Waals surface area contributed by atoms with Crippen molar-refractivity contribution in [2.75, 3.05) is 6.61 Å². The summed E-state index contributed by atoms with van der Waals surface area (Å²) in [6.45, 7) is 6.22. The first kappa shape index (κ1) is 27.1. The lowest BCUT2D eigenvalue weighted by molar-refractivity contribution is -0.138. The predicted octanol–water partition coefficient (Wildman–Crippen LogP) is 5.87. The number of fused-ring (bicyclic) bond motifs is 1. The van der Waals surface area contributed by atoms with E-state index in [1.165, 1.54) is 17.8 Å². The molecule has 1 unspecified atom stereocenters. The van der Waals surface area contributed by atoms with Crippen LogP contribution in [0.1, 0.15) is 36.3 Å². The van der Waals surface area contributed by atoms with Crippen LogP contribution < -0.4 is 10.1 Å². The summed E-state index contributed by atoms with van der Waals surface area (Å²) in [5.41, 5.74) is 3.54. The van der Waals surface area contributed by atoms with E-state index in [1.54, 1.807) is 25.3 Å². The summed E-state index contributed by atoms with van der Waals surface area (Å²) in [4.78, 5) is 32.9. The second-order valence-electron chi connectivity index (χ2n) is 9.16. The average Bonchev–Trinajstić information content (AvgIpc) is 3.64. The van der Waals surface area contributed by atoms with Crippen molar-refractivity contribution in [3.8, 4) is 5.75 Å². The normalized spacial score (nSPS) is 16.1. The van der Waals surface area contributed by atoms with Gasteiger partial charge in [-0.2, -0.15) is 0 Å². The van der Waals surface area contributed by atoms with Crippen molar-refractivity contribution in [3.63, 3.8) is 0 Å².